The first kappa shape index (κ1) is 17.5. The number of aromatic nitrogens is 1. The third-order valence-electron chi connectivity index (χ3n) is 5.42. The second-order valence-electron chi connectivity index (χ2n) is 7.35. The number of rotatable bonds is 5. The molecular formula is C21H28N4O. The summed E-state index contributed by atoms with van der Waals surface area (Å²) in [5.41, 5.74) is 2.53. The molecule has 1 atom stereocenters. The van der Waals surface area contributed by atoms with Gasteiger partial charge >= 0.3 is 0 Å². The van der Waals surface area contributed by atoms with Gasteiger partial charge in [-0.25, -0.2) is 0 Å². The molecule has 2 aliphatic heterocycles. The lowest BCUT2D eigenvalue weighted by Crippen LogP contribution is -2.49. The minimum atomic E-state index is 0.728. The van der Waals surface area contributed by atoms with Gasteiger partial charge in [-0.1, -0.05) is 12.1 Å². The topological polar surface area (TPSA) is 40.6 Å². The quantitative estimate of drug-likeness (QED) is 0.896. The standard InChI is InChI=1S/C21H28N4O/c1-17-13-18(4-5-21(17)26-20-3-2-7-23-14-20)15-24-10-6-19(16-24)25-11-8-22-9-12-25/h2-5,7,13-14,19,22H,6,8-12,15-16H2,1H3. The van der Waals surface area contributed by atoms with E-state index >= 15 is 0 Å². The van der Waals surface area contributed by atoms with Crippen LogP contribution in [0.2, 0.25) is 0 Å². The van der Waals surface area contributed by atoms with Gasteiger partial charge < -0.3 is 10.1 Å². The van der Waals surface area contributed by atoms with Gasteiger partial charge in [-0.2, -0.15) is 0 Å². The molecule has 2 aliphatic rings. The van der Waals surface area contributed by atoms with Gasteiger partial charge in [-0.15, -0.1) is 0 Å². The van der Waals surface area contributed by atoms with Gasteiger partial charge in [-0.3, -0.25) is 14.8 Å². The summed E-state index contributed by atoms with van der Waals surface area (Å²) in [7, 11) is 0. The summed E-state index contributed by atoms with van der Waals surface area (Å²) >= 11 is 0. The third-order valence-corrected chi connectivity index (χ3v) is 5.42. The molecule has 1 aromatic carbocycles. The van der Waals surface area contributed by atoms with Crippen molar-refractivity contribution in [2.24, 2.45) is 0 Å². The molecule has 0 bridgehead atoms. The molecule has 3 heterocycles. The highest BCUT2D eigenvalue weighted by molar-refractivity contribution is 5.39. The number of benzene rings is 1. The second kappa shape index (κ2) is 8.16. The van der Waals surface area contributed by atoms with Gasteiger partial charge in [0.05, 0.1) is 6.20 Å². The Labute approximate surface area is 156 Å². The molecule has 1 unspecified atom stereocenters. The van der Waals surface area contributed by atoms with Crippen molar-refractivity contribution < 1.29 is 4.74 Å². The number of nitrogens with one attached hydrogen (secondary N) is 1. The molecule has 1 aromatic heterocycles. The van der Waals surface area contributed by atoms with E-state index in [1.54, 1.807) is 12.4 Å². The molecule has 138 valence electrons. The maximum atomic E-state index is 5.94. The van der Waals surface area contributed by atoms with E-state index in [-0.39, 0.29) is 0 Å². The van der Waals surface area contributed by atoms with E-state index in [1.165, 1.54) is 43.7 Å². The Morgan fingerprint density at radius 3 is 2.85 bits per heavy atom. The van der Waals surface area contributed by atoms with Crippen LogP contribution in [-0.4, -0.2) is 60.1 Å². The summed E-state index contributed by atoms with van der Waals surface area (Å²) < 4.78 is 5.94. The molecule has 0 radical (unpaired) electrons. The number of aryl methyl sites for hydroxylation is 1. The van der Waals surface area contributed by atoms with Crippen molar-refractivity contribution in [3.8, 4) is 11.5 Å². The van der Waals surface area contributed by atoms with Crippen LogP contribution in [0.3, 0.4) is 0 Å². The zero-order chi connectivity index (χ0) is 17.8. The van der Waals surface area contributed by atoms with Crippen LogP contribution in [0.25, 0.3) is 0 Å². The first-order chi connectivity index (χ1) is 12.8. The zero-order valence-corrected chi connectivity index (χ0v) is 15.5. The number of likely N-dealkylation sites (tertiary alicyclic amines) is 1. The fraction of sp³-hybridized carbons (Fsp3) is 0.476. The van der Waals surface area contributed by atoms with Crippen LogP contribution in [0.15, 0.2) is 42.7 Å². The molecule has 1 N–H and O–H groups in total. The van der Waals surface area contributed by atoms with E-state index in [1.807, 2.05) is 12.1 Å². The lowest BCUT2D eigenvalue weighted by molar-refractivity contribution is 0.170. The van der Waals surface area contributed by atoms with Crippen LogP contribution in [-0.2, 0) is 6.54 Å². The number of pyridine rings is 1. The van der Waals surface area contributed by atoms with Gasteiger partial charge in [-0.05, 0) is 42.7 Å². The van der Waals surface area contributed by atoms with Crippen LogP contribution in [0, 0.1) is 6.92 Å². The molecule has 4 rings (SSSR count). The summed E-state index contributed by atoms with van der Waals surface area (Å²) in [5, 5.41) is 3.45. The van der Waals surface area contributed by atoms with Crippen molar-refractivity contribution in [1.29, 1.82) is 0 Å². The Morgan fingerprint density at radius 2 is 2.08 bits per heavy atom. The van der Waals surface area contributed by atoms with Crippen LogP contribution < -0.4 is 10.1 Å². The van der Waals surface area contributed by atoms with Gasteiger partial charge in [0.1, 0.15) is 11.5 Å². The number of nitrogens with zero attached hydrogens (tertiary/aromatic N) is 3. The SMILES string of the molecule is Cc1cc(CN2CCC(N3CCNCC3)C2)ccc1Oc1cccnc1. The van der Waals surface area contributed by atoms with Crippen molar-refractivity contribution in [2.75, 3.05) is 39.3 Å². The van der Waals surface area contributed by atoms with Crippen molar-refractivity contribution in [3.63, 3.8) is 0 Å². The maximum absolute atomic E-state index is 5.94. The van der Waals surface area contributed by atoms with Crippen LogP contribution >= 0.6 is 0 Å². The van der Waals surface area contributed by atoms with E-state index in [4.69, 9.17) is 4.74 Å². The van der Waals surface area contributed by atoms with Crippen LogP contribution in [0.5, 0.6) is 11.5 Å². The molecular weight excluding hydrogens is 324 g/mol. The van der Waals surface area contributed by atoms with Crippen molar-refractivity contribution in [2.45, 2.75) is 25.9 Å². The largest absolute Gasteiger partial charge is 0.455 e. The van der Waals surface area contributed by atoms with Crippen LogP contribution in [0.1, 0.15) is 17.5 Å². The summed E-state index contributed by atoms with van der Waals surface area (Å²) in [6.07, 6.45) is 4.79. The molecule has 0 aliphatic carbocycles. The van der Waals surface area contributed by atoms with Crippen LogP contribution in [0.4, 0.5) is 0 Å². The summed E-state index contributed by atoms with van der Waals surface area (Å²) in [4.78, 5) is 9.35. The lowest BCUT2D eigenvalue weighted by atomic mass is 10.1. The molecule has 5 heteroatoms. The van der Waals surface area contributed by atoms with Gasteiger partial charge in [0.2, 0.25) is 0 Å². The van der Waals surface area contributed by atoms with Gasteiger partial charge in [0.15, 0.2) is 0 Å². The Balaban J connectivity index is 1.34. The molecule has 5 nitrogen and oxygen atoms in total. The minimum absolute atomic E-state index is 0.728. The number of ether oxygens (including phenoxy) is 1. The second-order valence-corrected chi connectivity index (χ2v) is 7.35. The highest BCUT2D eigenvalue weighted by Gasteiger charge is 2.28. The lowest BCUT2D eigenvalue weighted by Gasteiger charge is -2.32. The summed E-state index contributed by atoms with van der Waals surface area (Å²) in [6, 6.07) is 11.1. The minimum Gasteiger partial charge on any atom is -0.455 e. The Morgan fingerprint density at radius 1 is 1.19 bits per heavy atom. The number of piperazine rings is 1. The smallest absolute Gasteiger partial charge is 0.145 e. The molecule has 2 saturated heterocycles. The molecule has 2 aromatic rings. The molecule has 2 fully saturated rings. The predicted molar refractivity (Wildman–Crippen MR) is 104 cm³/mol. The van der Waals surface area contributed by atoms with Crippen molar-refractivity contribution in [1.82, 2.24) is 20.1 Å². The normalized spacial score (nSPS) is 21.8. The fourth-order valence-corrected chi connectivity index (χ4v) is 4.02. The number of hydrogen-bond donors (Lipinski definition) is 1. The highest BCUT2D eigenvalue weighted by Crippen LogP contribution is 2.26. The summed E-state index contributed by atoms with van der Waals surface area (Å²) in [6.45, 7) is 10.2. The van der Waals surface area contributed by atoms with Crippen molar-refractivity contribution in [3.05, 3.63) is 53.9 Å². The number of hydrogen-bond acceptors (Lipinski definition) is 5. The average Bonchev–Trinajstić information content (AvgIpc) is 3.14. The third kappa shape index (κ3) is 4.23. The first-order valence-electron chi connectivity index (χ1n) is 9.62. The Hall–Kier alpha value is -1.95. The highest BCUT2D eigenvalue weighted by atomic mass is 16.5. The molecule has 0 spiro atoms. The van der Waals surface area contributed by atoms with Gasteiger partial charge in [0, 0.05) is 58.1 Å². The first-order valence-corrected chi connectivity index (χ1v) is 9.62. The molecule has 0 saturated carbocycles. The van der Waals surface area contributed by atoms with E-state index in [9.17, 15) is 0 Å². The zero-order valence-electron chi connectivity index (χ0n) is 15.5. The molecule has 26 heavy (non-hydrogen) atoms. The van der Waals surface area contributed by atoms with Gasteiger partial charge in [0.25, 0.3) is 0 Å². The molecule has 0 amide bonds. The van der Waals surface area contributed by atoms with E-state index in [0.717, 1.165) is 37.2 Å². The average molecular weight is 352 g/mol. The summed E-state index contributed by atoms with van der Waals surface area (Å²) in [5.74, 6) is 1.68. The van der Waals surface area contributed by atoms with E-state index in [2.05, 4.69) is 45.2 Å². The maximum Gasteiger partial charge on any atom is 0.145 e. The Bertz CT molecular complexity index is 715. The predicted octanol–water partition coefficient (Wildman–Crippen LogP) is 2.66. The Kier molecular flexibility index (Phi) is 5.48. The van der Waals surface area contributed by atoms with E-state index < -0.39 is 0 Å². The fourth-order valence-electron chi connectivity index (χ4n) is 4.02. The van der Waals surface area contributed by atoms with Crippen molar-refractivity contribution >= 4 is 0 Å². The van der Waals surface area contributed by atoms with E-state index in [0.29, 0.717) is 0 Å². The monoisotopic (exact) mass is 352 g/mol.